The first kappa shape index (κ1) is 19.9. The second-order valence-electron chi connectivity index (χ2n) is 7.13. The molecule has 1 aliphatic heterocycles. The van der Waals surface area contributed by atoms with E-state index < -0.39 is 17.5 Å². The monoisotopic (exact) mass is 456 g/mol. The molecule has 1 amide bonds. The van der Waals surface area contributed by atoms with Crippen molar-refractivity contribution in [3.05, 3.63) is 50.8 Å². The third-order valence-electron chi connectivity index (χ3n) is 3.91. The topological polar surface area (TPSA) is 51.7 Å². The third kappa shape index (κ3) is 4.52. The maximum Gasteiger partial charge on any atom is 0.416 e. The van der Waals surface area contributed by atoms with Crippen LogP contribution < -0.4 is 9.64 Å². The molecule has 0 saturated carbocycles. The SMILES string of the molecule is CC(C)(C)OC(=O)N1Cc2c(F)cccc2CCOc2cc(Br)c(Cl)nc21. The van der Waals surface area contributed by atoms with Crippen LogP contribution in [0.1, 0.15) is 31.9 Å². The van der Waals surface area contributed by atoms with E-state index in [1.54, 1.807) is 32.9 Å². The lowest BCUT2D eigenvalue weighted by atomic mass is 10.0. The number of aromatic nitrogens is 1. The highest BCUT2D eigenvalue weighted by molar-refractivity contribution is 9.10. The van der Waals surface area contributed by atoms with Crippen LogP contribution in [-0.4, -0.2) is 23.3 Å². The number of amides is 1. The molecule has 0 unspecified atom stereocenters. The van der Waals surface area contributed by atoms with Crippen LogP contribution in [-0.2, 0) is 17.7 Å². The summed E-state index contributed by atoms with van der Waals surface area (Å²) in [6.07, 6.45) is -0.163. The molecule has 2 heterocycles. The van der Waals surface area contributed by atoms with E-state index in [2.05, 4.69) is 20.9 Å². The highest BCUT2D eigenvalue weighted by Crippen LogP contribution is 2.36. The summed E-state index contributed by atoms with van der Waals surface area (Å²) in [7, 11) is 0. The van der Waals surface area contributed by atoms with Crippen LogP contribution in [0.5, 0.6) is 5.75 Å². The van der Waals surface area contributed by atoms with Gasteiger partial charge < -0.3 is 9.47 Å². The molecular formula is C19H19BrClFN2O3. The molecule has 0 spiro atoms. The first-order chi connectivity index (χ1) is 12.7. The first-order valence-corrected chi connectivity index (χ1v) is 9.58. The Hall–Kier alpha value is -1.86. The molecule has 0 fully saturated rings. The van der Waals surface area contributed by atoms with Crippen LogP contribution in [0.2, 0.25) is 5.15 Å². The third-order valence-corrected chi connectivity index (χ3v) is 5.03. The predicted octanol–water partition coefficient (Wildman–Crippen LogP) is 5.51. The zero-order valence-corrected chi connectivity index (χ0v) is 17.5. The van der Waals surface area contributed by atoms with Crippen LogP contribution in [0.4, 0.5) is 15.0 Å². The van der Waals surface area contributed by atoms with Crippen molar-refractivity contribution in [1.82, 2.24) is 4.98 Å². The zero-order valence-electron chi connectivity index (χ0n) is 15.2. The first-order valence-electron chi connectivity index (χ1n) is 8.41. The lowest BCUT2D eigenvalue weighted by molar-refractivity contribution is 0.0575. The van der Waals surface area contributed by atoms with Crippen molar-refractivity contribution >= 4 is 39.4 Å². The van der Waals surface area contributed by atoms with Crippen molar-refractivity contribution in [3.8, 4) is 5.75 Å². The van der Waals surface area contributed by atoms with Crippen molar-refractivity contribution < 1.29 is 18.7 Å². The minimum Gasteiger partial charge on any atom is -0.489 e. The normalized spacial score (nSPS) is 14.2. The number of nitrogens with zero attached hydrogens (tertiary/aromatic N) is 2. The molecular weight excluding hydrogens is 439 g/mol. The fourth-order valence-electron chi connectivity index (χ4n) is 2.73. The highest BCUT2D eigenvalue weighted by Gasteiger charge is 2.30. The summed E-state index contributed by atoms with van der Waals surface area (Å²) in [5.74, 6) is 0.159. The van der Waals surface area contributed by atoms with Crippen LogP contribution >= 0.6 is 27.5 Å². The Bertz CT molecular complexity index is 886. The van der Waals surface area contributed by atoms with Gasteiger partial charge in [-0.2, -0.15) is 0 Å². The number of carbonyl (C=O) groups is 1. The van der Waals surface area contributed by atoms with Gasteiger partial charge in [0.25, 0.3) is 0 Å². The molecule has 1 aliphatic rings. The fourth-order valence-corrected chi connectivity index (χ4v) is 3.16. The minimum absolute atomic E-state index is 0.0434. The molecule has 0 radical (unpaired) electrons. The van der Waals surface area contributed by atoms with E-state index in [1.165, 1.54) is 11.0 Å². The van der Waals surface area contributed by atoms with Crippen LogP contribution in [0.15, 0.2) is 28.7 Å². The van der Waals surface area contributed by atoms with E-state index in [4.69, 9.17) is 21.1 Å². The van der Waals surface area contributed by atoms with Gasteiger partial charge in [-0.15, -0.1) is 0 Å². The molecule has 1 aromatic heterocycles. The van der Waals surface area contributed by atoms with Gasteiger partial charge in [-0.3, -0.25) is 4.90 Å². The number of fused-ring (bicyclic) bond motifs is 2. The molecule has 2 aromatic rings. The Morgan fingerprint density at radius 3 is 2.85 bits per heavy atom. The fraction of sp³-hybridized carbons (Fsp3) is 0.368. The number of hydrogen-bond acceptors (Lipinski definition) is 4. The summed E-state index contributed by atoms with van der Waals surface area (Å²) in [6, 6.07) is 6.48. The molecule has 0 N–H and O–H groups in total. The Morgan fingerprint density at radius 2 is 2.15 bits per heavy atom. The maximum atomic E-state index is 14.5. The lowest BCUT2D eigenvalue weighted by Crippen LogP contribution is -2.37. The average molecular weight is 458 g/mol. The highest BCUT2D eigenvalue weighted by atomic mass is 79.9. The van der Waals surface area contributed by atoms with E-state index in [-0.39, 0.29) is 17.5 Å². The van der Waals surface area contributed by atoms with Gasteiger partial charge in [0.1, 0.15) is 16.6 Å². The number of pyridine rings is 1. The number of anilines is 1. The van der Waals surface area contributed by atoms with Crippen molar-refractivity contribution in [1.29, 1.82) is 0 Å². The van der Waals surface area contributed by atoms with Gasteiger partial charge in [-0.1, -0.05) is 23.7 Å². The summed E-state index contributed by atoms with van der Waals surface area (Å²) in [6.45, 7) is 5.54. The smallest absolute Gasteiger partial charge is 0.416 e. The van der Waals surface area contributed by atoms with Gasteiger partial charge in [0, 0.05) is 18.1 Å². The van der Waals surface area contributed by atoms with Gasteiger partial charge in [0.2, 0.25) is 0 Å². The molecule has 0 bridgehead atoms. The maximum absolute atomic E-state index is 14.5. The summed E-state index contributed by atoms with van der Waals surface area (Å²) in [5, 5.41) is 0.166. The quantitative estimate of drug-likeness (QED) is 0.489. The summed E-state index contributed by atoms with van der Waals surface area (Å²) >= 11 is 9.46. The molecule has 3 rings (SSSR count). The number of ether oxygens (including phenoxy) is 2. The largest absolute Gasteiger partial charge is 0.489 e. The minimum atomic E-state index is -0.728. The Balaban J connectivity index is 2.14. The average Bonchev–Trinajstić information content (AvgIpc) is 2.62. The van der Waals surface area contributed by atoms with E-state index in [0.717, 1.165) is 5.56 Å². The Kier molecular flexibility index (Phi) is 5.63. The Labute approximate surface area is 170 Å². The second-order valence-corrected chi connectivity index (χ2v) is 8.34. The zero-order chi connectivity index (χ0) is 19.8. The summed E-state index contributed by atoms with van der Waals surface area (Å²) < 4.78 is 26.4. The predicted molar refractivity (Wildman–Crippen MR) is 105 cm³/mol. The molecule has 5 nitrogen and oxygen atoms in total. The lowest BCUT2D eigenvalue weighted by Gasteiger charge is -2.28. The van der Waals surface area contributed by atoms with E-state index in [9.17, 15) is 9.18 Å². The van der Waals surface area contributed by atoms with Crippen molar-refractivity contribution in [2.75, 3.05) is 11.5 Å². The van der Waals surface area contributed by atoms with Gasteiger partial charge >= 0.3 is 6.09 Å². The van der Waals surface area contributed by atoms with Crippen molar-refractivity contribution in [2.45, 2.75) is 39.3 Å². The molecule has 0 saturated heterocycles. The molecule has 0 atom stereocenters. The summed E-state index contributed by atoms with van der Waals surface area (Å²) in [5.41, 5.74) is 0.440. The van der Waals surface area contributed by atoms with Crippen LogP contribution in [0.25, 0.3) is 0 Å². The number of benzene rings is 1. The summed E-state index contributed by atoms with van der Waals surface area (Å²) in [4.78, 5) is 18.4. The van der Waals surface area contributed by atoms with E-state index >= 15 is 0 Å². The van der Waals surface area contributed by atoms with E-state index in [0.29, 0.717) is 28.8 Å². The Morgan fingerprint density at radius 1 is 1.41 bits per heavy atom. The van der Waals surface area contributed by atoms with Gasteiger partial charge in [0.05, 0.1) is 17.6 Å². The number of halogens is 3. The molecule has 8 heteroatoms. The number of rotatable bonds is 0. The molecule has 1 aromatic carbocycles. The molecule has 0 aliphatic carbocycles. The van der Waals surface area contributed by atoms with Crippen LogP contribution in [0, 0.1) is 5.82 Å². The van der Waals surface area contributed by atoms with Gasteiger partial charge in [-0.05, 0) is 48.3 Å². The molecule has 27 heavy (non-hydrogen) atoms. The van der Waals surface area contributed by atoms with Crippen molar-refractivity contribution in [2.24, 2.45) is 0 Å². The van der Waals surface area contributed by atoms with E-state index in [1.807, 2.05) is 6.07 Å². The van der Waals surface area contributed by atoms with Gasteiger partial charge in [-0.25, -0.2) is 14.2 Å². The van der Waals surface area contributed by atoms with Crippen molar-refractivity contribution in [3.63, 3.8) is 0 Å². The number of hydrogen-bond donors (Lipinski definition) is 0. The van der Waals surface area contributed by atoms with Crippen LogP contribution in [0.3, 0.4) is 0 Å². The molecule has 144 valence electrons. The number of carbonyl (C=O) groups excluding carboxylic acids is 1. The second kappa shape index (κ2) is 7.64. The standard InChI is InChI=1S/C19H19BrClFN2O3/c1-19(2,3)27-18(25)24-10-12-11(5-4-6-14(12)22)7-8-26-15-9-13(20)16(21)23-17(15)24/h4-6,9H,7-8,10H2,1-3H3. The van der Waals surface area contributed by atoms with Gasteiger partial charge in [0.15, 0.2) is 11.6 Å².